The molecule has 1 heterocycles. The lowest BCUT2D eigenvalue weighted by Gasteiger charge is -2.06. The largest absolute Gasteiger partial charge is 0.309 e. The van der Waals surface area contributed by atoms with Gasteiger partial charge in [0.25, 0.3) is 0 Å². The zero-order chi connectivity index (χ0) is 13.8. The Kier molecular flexibility index (Phi) is 4.71. The van der Waals surface area contributed by atoms with Crippen molar-refractivity contribution in [1.82, 2.24) is 15.1 Å². The molecule has 0 atom stereocenters. The van der Waals surface area contributed by atoms with Crippen LogP contribution in [-0.4, -0.2) is 15.8 Å². The molecule has 0 fully saturated rings. The first-order valence-electron chi connectivity index (χ1n) is 6.24. The maximum atomic E-state index is 13.0. The van der Waals surface area contributed by atoms with Crippen LogP contribution in [0, 0.1) is 5.82 Å². The van der Waals surface area contributed by atoms with E-state index in [-0.39, 0.29) is 5.82 Å². The molecule has 2 rings (SSSR count). The van der Waals surface area contributed by atoms with Gasteiger partial charge in [-0.25, -0.2) is 4.39 Å². The van der Waals surface area contributed by atoms with E-state index >= 15 is 0 Å². The van der Waals surface area contributed by atoms with Crippen molar-refractivity contribution in [2.24, 2.45) is 0 Å². The third-order valence-corrected chi connectivity index (χ3v) is 3.47. The van der Waals surface area contributed by atoms with Gasteiger partial charge in [0.15, 0.2) is 0 Å². The van der Waals surface area contributed by atoms with Crippen LogP contribution in [0.4, 0.5) is 4.39 Å². The number of halogens is 2. The van der Waals surface area contributed by atoms with E-state index in [0.29, 0.717) is 12.6 Å². The van der Waals surface area contributed by atoms with Crippen LogP contribution in [0.5, 0.6) is 0 Å². The third kappa shape index (κ3) is 4.14. The molecule has 5 heteroatoms. The van der Waals surface area contributed by atoms with E-state index in [1.54, 1.807) is 6.07 Å². The van der Waals surface area contributed by atoms with Gasteiger partial charge in [0.2, 0.25) is 0 Å². The molecule has 0 aliphatic rings. The molecule has 19 heavy (non-hydrogen) atoms. The van der Waals surface area contributed by atoms with E-state index in [2.05, 4.69) is 40.2 Å². The molecule has 0 radical (unpaired) electrons. The predicted octanol–water partition coefficient (Wildman–Crippen LogP) is 3.33. The topological polar surface area (TPSA) is 29.9 Å². The summed E-state index contributed by atoms with van der Waals surface area (Å²) in [5, 5.41) is 7.80. The second kappa shape index (κ2) is 6.30. The van der Waals surface area contributed by atoms with Crippen molar-refractivity contribution < 1.29 is 4.39 Å². The van der Waals surface area contributed by atoms with E-state index in [0.717, 1.165) is 22.3 Å². The number of hydrogen-bond donors (Lipinski definition) is 1. The van der Waals surface area contributed by atoms with E-state index < -0.39 is 0 Å². The van der Waals surface area contributed by atoms with Gasteiger partial charge in [-0.15, -0.1) is 0 Å². The molecular weight excluding hydrogens is 309 g/mol. The average Bonchev–Trinajstić information content (AvgIpc) is 2.78. The van der Waals surface area contributed by atoms with E-state index in [1.165, 1.54) is 12.1 Å². The molecule has 0 saturated carbocycles. The Balaban J connectivity index is 2.03. The van der Waals surface area contributed by atoms with E-state index in [9.17, 15) is 4.39 Å². The first-order chi connectivity index (χ1) is 9.04. The minimum atomic E-state index is -0.238. The summed E-state index contributed by atoms with van der Waals surface area (Å²) in [6.07, 6.45) is 1.94. The number of rotatable bonds is 5. The number of aromatic nitrogens is 2. The minimum Gasteiger partial charge on any atom is -0.309 e. The second-order valence-corrected chi connectivity index (χ2v) is 5.63. The fraction of sp³-hybridized carbons (Fsp3) is 0.357. The Labute approximate surface area is 121 Å². The summed E-state index contributed by atoms with van der Waals surface area (Å²) in [5.41, 5.74) is 2.01. The van der Waals surface area contributed by atoms with Crippen LogP contribution in [0.15, 0.2) is 34.9 Å². The Hall–Kier alpha value is -1.20. The van der Waals surface area contributed by atoms with Crippen molar-refractivity contribution in [3.8, 4) is 0 Å². The third-order valence-electron chi connectivity index (χ3n) is 2.73. The lowest BCUT2D eigenvalue weighted by Crippen LogP contribution is -2.22. The Morgan fingerprint density at radius 1 is 1.37 bits per heavy atom. The average molecular weight is 326 g/mol. The molecule has 0 bridgehead atoms. The SMILES string of the molecule is CC(C)NCc1ccn(Cc2ccc(F)cc2Br)n1. The smallest absolute Gasteiger partial charge is 0.124 e. The van der Waals surface area contributed by atoms with Gasteiger partial charge < -0.3 is 5.32 Å². The highest BCUT2D eigenvalue weighted by atomic mass is 79.9. The van der Waals surface area contributed by atoms with Crippen molar-refractivity contribution in [2.75, 3.05) is 0 Å². The Bertz CT molecular complexity index is 551. The van der Waals surface area contributed by atoms with Crippen LogP contribution in [0.2, 0.25) is 0 Å². The quantitative estimate of drug-likeness (QED) is 0.913. The summed E-state index contributed by atoms with van der Waals surface area (Å²) >= 11 is 3.37. The molecule has 0 unspecified atom stereocenters. The molecule has 1 N–H and O–H groups in total. The highest BCUT2D eigenvalue weighted by molar-refractivity contribution is 9.10. The van der Waals surface area contributed by atoms with Crippen LogP contribution in [0.1, 0.15) is 25.1 Å². The molecule has 1 aromatic heterocycles. The van der Waals surface area contributed by atoms with Gasteiger partial charge in [-0.2, -0.15) is 5.10 Å². The Morgan fingerprint density at radius 3 is 2.84 bits per heavy atom. The summed E-state index contributed by atoms with van der Waals surface area (Å²) < 4.78 is 15.6. The van der Waals surface area contributed by atoms with Crippen molar-refractivity contribution in [1.29, 1.82) is 0 Å². The highest BCUT2D eigenvalue weighted by Crippen LogP contribution is 2.18. The summed E-state index contributed by atoms with van der Waals surface area (Å²) in [7, 11) is 0. The van der Waals surface area contributed by atoms with Crippen molar-refractivity contribution >= 4 is 15.9 Å². The molecule has 0 saturated heterocycles. The van der Waals surface area contributed by atoms with Gasteiger partial charge in [-0.1, -0.05) is 35.8 Å². The summed E-state index contributed by atoms with van der Waals surface area (Å²) in [6, 6.07) is 7.14. The van der Waals surface area contributed by atoms with Crippen molar-refractivity contribution in [3.63, 3.8) is 0 Å². The van der Waals surface area contributed by atoms with Gasteiger partial charge in [0.1, 0.15) is 5.82 Å². The van der Waals surface area contributed by atoms with Crippen LogP contribution >= 0.6 is 15.9 Å². The maximum Gasteiger partial charge on any atom is 0.124 e. The minimum absolute atomic E-state index is 0.238. The first-order valence-corrected chi connectivity index (χ1v) is 7.03. The molecule has 0 spiro atoms. The molecule has 0 aliphatic carbocycles. The van der Waals surface area contributed by atoms with E-state index in [4.69, 9.17) is 0 Å². The van der Waals surface area contributed by atoms with Crippen molar-refractivity contribution in [3.05, 3.63) is 52.0 Å². The highest BCUT2D eigenvalue weighted by Gasteiger charge is 2.05. The molecule has 3 nitrogen and oxygen atoms in total. The predicted molar refractivity (Wildman–Crippen MR) is 77.4 cm³/mol. The summed E-state index contributed by atoms with van der Waals surface area (Å²) in [5.74, 6) is -0.238. The lowest BCUT2D eigenvalue weighted by atomic mass is 10.2. The van der Waals surface area contributed by atoms with Crippen LogP contribution in [0.25, 0.3) is 0 Å². The molecule has 102 valence electrons. The number of benzene rings is 1. The van der Waals surface area contributed by atoms with E-state index in [1.807, 2.05) is 16.9 Å². The number of nitrogens with one attached hydrogen (secondary N) is 1. The zero-order valence-electron chi connectivity index (χ0n) is 11.0. The lowest BCUT2D eigenvalue weighted by molar-refractivity contribution is 0.569. The monoisotopic (exact) mass is 325 g/mol. The zero-order valence-corrected chi connectivity index (χ0v) is 12.6. The van der Waals surface area contributed by atoms with Gasteiger partial charge >= 0.3 is 0 Å². The van der Waals surface area contributed by atoms with Crippen LogP contribution < -0.4 is 5.32 Å². The molecule has 1 aromatic carbocycles. The van der Waals surface area contributed by atoms with Crippen LogP contribution in [0.3, 0.4) is 0 Å². The standard InChI is InChI=1S/C14H17BrFN3/c1-10(2)17-8-13-5-6-19(18-13)9-11-3-4-12(16)7-14(11)15/h3-7,10,17H,8-9H2,1-2H3. The second-order valence-electron chi connectivity index (χ2n) is 4.78. The van der Waals surface area contributed by atoms with Crippen LogP contribution in [-0.2, 0) is 13.1 Å². The molecule has 2 aromatic rings. The fourth-order valence-corrected chi connectivity index (χ4v) is 2.20. The summed E-state index contributed by atoms with van der Waals surface area (Å²) in [4.78, 5) is 0. The summed E-state index contributed by atoms with van der Waals surface area (Å²) in [6.45, 7) is 5.59. The fourth-order valence-electron chi connectivity index (χ4n) is 1.72. The molecule has 0 amide bonds. The number of nitrogens with zero attached hydrogens (tertiary/aromatic N) is 2. The molecular formula is C14H17BrFN3. The molecule has 0 aliphatic heterocycles. The van der Waals surface area contributed by atoms with Gasteiger partial charge in [0.05, 0.1) is 12.2 Å². The van der Waals surface area contributed by atoms with Gasteiger partial charge in [0, 0.05) is 23.3 Å². The maximum absolute atomic E-state index is 13.0. The Morgan fingerprint density at radius 2 is 2.16 bits per heavy atom. The number of hydrogen-bond acceptors (Lipinski definition) is 2. The normalized spacial score (nSPS) is 11.2. The first kappa shape index (κ1) is 14.2. The van der Waals surface area contributed by atoms with Crippen molar-refractivity contribution in [2.45, 2.75) is 33.0 Å². The van der Waals surface area contributed by atoms with Gasteiger partial charge in [-0.05, 0) is 23.8 Å². The van der Waals surface area contributed by atoms with Gasteiger partial charge in [-0.3, -0.25) is 4.68 Å².